The first-order valence-electron chi connectivity index (χ1n) is 7.11. The van der Waals surface area contributed by atoms with Crippen LogP contribution < -0.4 is 5.32 Å². The summed E-state index contributed by atoms with van der Waals surface area (Å²) in [5, 5.41) is 10.6. The molecule has 0 aliphatic rings. The van der Waals surface area contributed by atoms with Gasteiger partial charge in [-0.15, -0.1) is 0 Å². The summed E-state index contributed by atoms with van der Waals surface area (Å²) in [5.41, 5.74) is -0.878. The Balaban J connectivity index is 4.83. The highest BCUT2D eigenvalue weighted by Crippen LogP contribution is 2.29. The van der Waals surface area contributed by atoms with Crippen molar-refractivity contribution in [3.8, 4) is 0 Å². The first kappa shape index (κ1) is 19.8. The maximum atomic E-state index is 14.0. The van der Waals surface area contributed by atoms with Gasteiger partial charge in [0, 0.05) is 13.2 Å². The zero-order valence-corrected chi connectivity index (χ0v) is 13.0. The van der Waals surface area contributed by atoms with Gasteiger partial charge in [-0.3, -0.25) is 9.59 Å². The largest absolute Gasteiger partial charge is 0.455 e. The standard InChI is InChI=1S/C14H25F2NO4/c1-5-10(21-12(20)13(3,4)6-2)14(15,16)11(19)17-8-7-9-18/h10,18H,5-9H2,1-4H3,(H,17,19). The molecule has 1 amide bonds. The monoisotopic (exact) mass is 309 g/mol. The predicted octanol–water partition coefficient (Wildman–Crippen LogP) is 1.88. The third-order valence-electron chi connectivity index (χ3n) is 3.38. The summed E-state index contributed by atoms with van der Waals surface area (Å²) >= 11 is 0. The van der Waals surface area contributed by atoms with Crippen molar-refractivity contribution in [2.75, 3.05) is 13.2 Å². The fourth-order valence-electron chi connectivity index (χ4n) is 1.39. The second-order valence-corrected chi connectivity index (χ2v) is 5.50. The van der Waals surface area contributed by atoms with E-state index >= 15 is 0 Å². The number of carbonyl (C=O) groups is 2. The Kier molecular flexibility index (Phi) is 7.78. The quantitative estimate of drug-likeness (QED) is 0.504. The molecular formula is C14H25F2NO4. The minimum atomic E-state index is -3.80. The smallest absolute Gasteiger partial charge is 0.360 e. The Morgan fingerprint density at radius 2 is 1.86 bits per heavy atom. The van der Waals surface area contributed by atoms with Crippen LogP contribution in [0.1, 0.15) is 47.0 Å². The Morgan fingerprint density at radius 3 is 2.29 bits per heavy atom. The second kappa shape index (κ2) is 8.26. The molecule has 0 bridgehead atoms. The maximum Gasteiger partial charge on any atom is 0.360 e. The normalized spacial score (nSPS) is 13.7. The maximum absolute atomic E-state index is 14.0. The van der Waals surface area contributed by atoms with Crippen molar-refractivity contribution in [2.45, 2.75) is 59.0 Å². The van der Waals surface area contributed by atoms with E-state index < -0.39 is 29.3 Å². The minimum Gasteiger partial charge on any atom is -0.455 e. The Morgan fingerprint density at radius 1 is 1.29 bits per heavy atom. The number of hydrogen-bond donors (Lipinski definition) is 2. The van der Waals surface area contributed by atoms with Crippen molar-refractivity contribution in [3.63, 3.8) is 0 Å². The second-order valence-electron chi connectivity index (χ2n) is 5.50. The number of aliphatic hydroxyl groups is 1. The molecule has 0 fully saturated rings. The molecule has 2 N–H and O–H groups in total. The molecule has 0 aromatic rings. The van der Waals surface area contributed by atoms with Crippen molar-refractivity contribution in [3.05, 3.63) is 0 Å². The molecule has 0 saturated carbocycles. The number of esters is 1. The molecule has 0 rings (SSSR count). The van der Waals surface area contributed by atoms with Crippen LogP contribution in [0.15, 0.2) is 0 Å². The molecule has 1 atom stereocenters. The van der Waals surface area contributed by atoms with Gasteiger partial charge in [-0.2, -0.15) is 8.78 Å². The minimum absolute atomic E-state index is 0.0598. The van der Waals surface area contributed by atoms with E-state index in [0.717, 1.165) is 0 Å². The first-order chi connectivity index (χ1) is 9.63. The van der Waals surface area contributed by atoms with E-state index in [0.29, 0.717) is 6.42 Å². The number of amides is 1. The van der Waals surface area contributed by atoms with Gasteiger partial charge in [-0.05, 0) is 33.1 Å². The van der Waals surface area contributed by atoms with E-state index in [4.69, 9.17) is 9.84 Å². The molecule has 7 heteroatoms. The van der Waals surface area contributed by atoms with Crippen molar-refractivity contribution < 1.29 is 28.2 Å². The SMILES string of the molecule is CCC(OC(=O)C(C)(C)CC)C(F)(F)C(=O)NCCCO. The molecule has 0 aliphatic carbocycles. The first-order valence-corrected chi connectivity index (χ1v) is 7.11. The number of ether oxygens (including phenoxy) is 1. The van der Waals surface area contributed by atoms with Crippen molar-refractivity contribution in [1.29, 1.82) is 0 Å². The van der Waals surface area contributed by atoms with Gasteiger partial charge >= 0.3 is 11.9 Å². The van der Waals surface area contributed by atoms with Gasteiger partial charge in [0.25, 0.3) is 5.91 Å². The van der Waals surface area contributed by atoms with Gasteiger partial charge in [0.1, 0.15) is 0 Å². The van der Waals surface area contributed by atoms with Crippen LogP contribution >= 0.6 is 0 Å². The van der Waals surface area contributed by atoms with E-state index in [-0.39, 0.29) is 26.0 Å². The number of alkyl halides is 2. The van der Waals surface area contributed by atoms with Crippen LogP contribution in [0, 0.1) is 5.41 Å². The summed E-state index contributed by atoms with van der Waals surface area (Å²) in [7, 11) is 0. The van der Waals surface area contributed by atoms with Gasteiger partial charge in [0.05, 0.1) is 5.41 Å². The average Bonchev–Trinajstić information content (AvgIpc) is 2.43. The molecule has 0 aliphatic heterocycles. The third-order valence-corrected chi connectivity index (χ3v) is 3.38. The van der Waals surface area contributed by atoms with Gasteiger partial charge in [-0.1, -0.05) is 13.8 Å². The Bertz CT molecular complexity index is 359. The van der Waals surface area contributed by atoms with Gasteiger partial charge < -0.3 is 15.2 Å². The molecule has 21 heavy (non-hydrogen) atoms. The van der Waals surface area contributed by atoms with Crippen LogP contribution in [0.4, 0.5) is 8.78 Å². The van der Waals surface area contributed by atoms with E-state index in [2.05, 4.69) is 0 Å². The molecule has 0 radical (unpaired) electrons. The van der Waals surface area contributed by atoms with E-state index in [1.165, 1.54) is 6.92 Å². The molecule has 0 heterocycles. The fraction of sp³-hybridized carbons (Fsp3) is 0.857. The number of halogens is 2. The highest BCUT2D eigenvalue weighted by Gasteiger charge is 2.49. The zero-order chi connectivity index (χ0) is 16.7. The predicted molar refractivity (Wildman–Crippen MR) is 73.9 cm³/mol. The number of carbonyl (C=O) groups excluding carboxylic acids is 2. The summed E-state index contributed by atoms with van der Waals surface area (Å²) in [6.07, 6.45) is -1.35. The van der Waals surface area contributed by atoms with Crippen LogP contribution in [0.2, 0.25) is 0 Å². The zero-order valence-electron chi connectivity index (χ0n) is 13.0. The summed E-state index contributed by atoms with van der Waals surface area (Å²) in [6, 6.07) is 0. The van der Waals surface area contributed by atoms with Crippen LogP contribution in [0.5, 0.6) is 0 Å². The van der Waals surface area contributed by atoms with Gasteiger partial charge in [-0.25, -0.2) is 0 Å². The van der Waals surface area contributed by atoms with Gasteiger partial charge in [0.15, 0.2) is 6.10 Å². The van der Waals surface area contributed by atoms with E-state index in [9.17, 15) is 18.4 Å². The highest BCUT2D eigenvalue weighted by atomic mass is 19.3. The van der Waals surface area contributed by atoms with E-state index in [1.807, 2.05) is 5.32 Å². The molecule has 0 aromatic carbocycles. The number of rotatable bonds is 9. The molecule has 1 unspecified atom stereocenters. The topological polar surface area (TPSA) is 75.6 Å². The van der Waals surface area contributed by atoms with E-state index in [1.54, 1.807) is 20.8 Å². The van der Waals surface area contributed by atoms with Crippen molar-refractivity contribution >= 4 is 11.9 Å². The summed E-state index contributed by atoms with van der Waals surface area (Å²) in [4.78, 5) is 23.4. The number of aliphatic hydroxyl groups excluding tert-OH is 1. The highest BCUT2D eigenvalue weighted by molar-refractivity contribution is 5.85. The third kappa shape index (κ3) is 5.57. The lowest BCUT2D eigenvalue weighted by Gasteiger charge is -2.29. The molecule has 0 saturated heterocycles. The summed E-state index contributed by atoms with van der Waals surface area (Å²) < 4.78 is 32.9. The lowest BCUT2D eigenvalue weighted by Crippen LogP contribution is -2.51. The van der Waals surface area contributed by atoms with Crippen molar-refractivity contribution in [1.82, 2.24) is 5.32 Å². The fourth-order valence-corrected chi connectivity index (χ4v) is 1.39. The average molecular weight is 309 g/mol. The summed E-state index contributed by atoms with van der Waals surface area (Å²) in [5.74, 6) is -6.05. The summed E-state index contributed by atoms with van der Waals surface area (Å²) in [6.45, 7) is 6.11. The number of nitrogens with one attached hydrogen (secondary N) is 1. The lowest BCUT2D eigenvalue weighted by atomic mass is 9.90. The van der Waals surface area contributed by atoms with Gasteiger partial charge in [0.2, 0.25) is 0 Å². The Labute approximate surface area is 124 Å². The van der Waals surface area contributed by atoms with Crippen molar-refractivity contribution in [2.24, 2.45) is 5.41 Å². The molecule has 0 spiro atoms. The molecule has 0 aromatic heterocycles. The lowest BCUT2D eigenvalue weighted by molar-refractivity contribution is -0.188. The molecule has 5 nitrogen and oxygen atoms in total. The molecule has 124 valence electrons. The van der Waals surface area contributed by atoms with Crippen LogP contribution in [-0.2, 0) is 14.3 Å². The van der Waals surface area contributed by atoms with Crippen LogP contribution in [0.25, 0.3) is 0 Å². The molecular weight excluding hydrogens is 284 g/mol. The van der Waals surface area contributed by atoms with Crippen LogP contribution in [0.3, 0.4) is 0 Å². The van der Waals surface area contributed by atoms with Crippen LogP contribution in [-0.4, -0.2) is 42.2 Å². The number of hydrogen-bond acceptors (Lipinski definition) is 4. The Hall–Kier alpha value is -1.24.